The molecule has 2 aromatic rings. The number of aliphatic hydroxyl groups is 1. The first kappa shape index (κ1) is 12.4. The van der Waals surface area contributed by atoms with Gasteiger partial charge in [-0.1, -0.05) is 42.8 Å². The lowest BCUT2D eigenvalue weighted by Crippen LogP contribution is -2.14. The Hall–Kier alpha value is -1.34. The monoisotopic (exact) mass is 266 g/mol. The van der Waals surface area contributed by atoms with Gasteiger partial charge in [-0.2, -0.15) is 0 Å². The molecule has 0 saturated heterocycles. The summed E-state index contributed by atoms with van der Waals surface area (Å²) in [5.74, 6) is 2.62. The fraction of sp³-hybridized carbons (Fsp3) is 0.474. The van der Waals surface area contributed by atoms with E-state index in [9.17, 15) is 5.11 Å². The van der Waals surface area contributed by atoms with E-state index in [0.717, 1.165) is 29.7 Å². The smallest absolute Gasteiger partial charge is 0.0793 e. The molecule has 2 aliphatic rings. The van der Waals surface area contributed by atoms with E-state index in [4.69, 9.17) is 0 Å². The lowest BCUT2D eigenvalue weighted by atomic mass is 9.83. The van der Waals surface area contributed by atoms with Crippen LogP contribution < -0.4 is 0 Å². The van der Waals surface area contributed by atoms with Gasteiger partial charge in [0.2, 0.25) is 0 Å². The third kappa shape index (κ3) is 2.14. The van der Waals surface area contributed by atoms with Crippen LogP contribution in [0.5, 0.6) is 0 Å². The van der Waals surface area contributed by atoms with Crippen molar-refractivity contribution in [3.05, 3.63) is 48.0 Å². The number of hydrogen-bond acceptors (Lipinski definition) is 1. The normalized spacial score (nSPS) is 29.9. The van der Waals surface area contributed by atoms with Gasteiger partial charge in [0.25, 0.3) is 0 Å². The Morgan fingerprint density at radius 3 is 2.60 bits per heavy atom. The minimum Gasteiger partial charge on any atom is -0.388 e. The van der Waals surface area contributed by atoms with Crippen LogP contribution in [0.15, 0.2) is 42.5 Å². The molecule has 1 nitrogen and oxygen atoms in total. The molecule has 2 aliphatic carbocycles. The van der Waals surface area contributed by atoms with Crippen molar-refractivity contribution in [3.8, 4) is 0 Å². The summed E-state index contributed by atoms with van der Waals surface area (Å²) in [7, 11) is 0. The van der Waals surface area contributed by atoms with Crippen LogP contribution in [-0.2, 0) is 0 Å². The van der Waals surface area contributed by atoms with Crippen LogP contribution in [0.2, 0.25) is 0 Å². The molecule has 2 aromatic carbocycles. The van der Waals surface area contributed by atoms with Gasteiger partial charge in [0, 0.05) is 0 Å². The molecule has 4 atom stereocenters. The predicted octanol–water partition coefficient (Wildman–Crippen LogP) is 4.70. The second-order valence-corrected chi connectivity index (χ2v) is 6.79. The first-order valence-electron chi connectivity index (χ1n) is 7.96. The number of aliphatic hydroxyl groups excluding tert-OH is 1. The van der Waals surface area contributed by atoms with E-state index in [1.807, 2.05) is 0 Å². The summed E-state index contributed by atoms with van der Waals surface area (Å²) in [5.41, 5.74) is 1.09. The lowest BCUT2D eigenvalue weighted by molar-refractivity contribution is 0.126. The average Bonchev–Trinajstić information content (AvgIpc) is 3.09. The van der Waals surface area contributed by atoms with Gasteiger partial charge in [-0.15, -0.1) is 0 Å². The minimum absolute atomic E-state index is 0.288. The summed E-state index contributed by atoms with van der Waals surface area (Å²) in [4.78, 5) is 0. The van der Waals surface area contributed by atoms with Gasteiger partial charge in [-0.3, -0.25) is 0 Å². The van der Waals surface area contributed by atoms with Gasteiger partial charge in [0.05, 0.1) is 6.10 Å². The quantitative estimate of drug-likeness (QED) is 0.853. The van der Waals surface area contributed by atoms with Crippen LogP contribution in [0.1, 0.15) is 43.8 Å². The van der Waals surface area contributed by atoms with Crippen LogP contribution >= 0.6 is 0 Å². The highest BCUT2D eigenvalue weighted by Gasteiger charge is 2.40. The highest BCUT2D eigenvalue weighted by Crippen LogP contribution is 2.50. The SMILES string of the molecule is OC(CC1CC2CCC1C2)c1ccc2ccccc2c1. The molecule has 2 saturated carbocycles. The van der Waals surface area contributed by atoms with E-state index >= 15 is 0 Å². The average molecular weight is 266 g/mol. The molecule has 0 aromatic heterocycles. The van der Waals surface area contributed by atoms with Gasteiger partial charge < -0.3 is 5.11 Å². The summed E-state index contributed by atoms with van der Waals surface area (Å²) in [6.07, 6.45) is 6.29. The van der Waals surface area contributed by atoms with Gasteiger partial charge in [-0.05, 0) is 65.8 Å². The standard InChI is InChI=1S/C19H22O/c20-19(12-18-10-13-5-6-16(18)9-13)17-8-7-14-3-1-2-4-15(14)11-17/h1-4,7-8,11,13,16,18-20H,5-6,9-10,12H2. The third-order valence-electron chi connectivity index (χ3n) is 5.57. The van der Waals surface area contributed by atoms with E-state index in [2.05, 4.69) is 42.5 Å². The zero-order valence-corrected chi connectivity index (χ0v) is 11.8. The number of hydrogen-bond donors (Lipinski definition) is 1. The van der Waals surface area contributed by atoms with Crippen molar-refractivity contribution < 1.29 is 5.11 Å². The predicted molar refractivity (Wildman–Crippen MR) is 82.5 cm³/mol. The Morgan fingerprint density at radius 2 is 1.85 bits per heavy atom. The molecule has 0 radical (unpaired) electrons. The zero-order chi connectivity index (χ0) is 13.5. The second-order valence-electron chi connectivity index (χ2n) is 6.79. The van der Waals surface area contributed by atoms with Crippen LogP contribution in [0.25, 0.3) is 10.8 Å². The van der Waals surface area contributed by atoms with Crippen molar-refractivity contribution in [3.63, 3.8) is 0 Å². The molecule has 20 heavy (non-hydrogen) atoms. The number of rotatable bonds is 3. The molecule has 0 amide bonds. The molecule has 0 heterocycles. The topological polar surface area (TPSA) is 20.2 Å². The van der Waals surface area contributed by atoms with Crippen molar-refractivity contribution in [1.82, 2.24) is 0 Å². The molecule has 104 valence electrons. The maximum atomic E-state index is 10.6. The summed E-state index contributed by atoms with van der Waals surface area (Å²) in [6.45, 7) is 0. The molecule has 2 fully saturated rings. The Labute approximate surface area is 120 Å². The van der Waals surface area contributed by atoms with Crippen LogP contribution in [0, 0.1) is 17.8 Å². The summed E-state index contributed by atoms with van der Waals surface area (Å²) >= 11 is 0. The van der Waals surface area contributed by atoms with Crippen molar-refractivity contribution in [2.45, 2.75) is 38.2 Å². The van der Waals surface area contributed by atoms with Gasteiger partial charge in [0.1, 0.15) is 0 Å². The van der Waals surface area contributed by atoms with E-state index in [1.54, 1.807) is 0 Å². The Morgan fingerprint density at radius 1 is 1.00 bits per heavy atom. The second kappa shape index (κ2) is 4.89. The molecule has 0 spiro atoms. The molecular weight excluding hydrogens is 244 g/mol. The van der Waals surface area contributed by atoms with Crippen LogP contribution in [0.3, 0.4) is 0 Å². The maximum Gasteiger partial charge on any atom is 0.0793 e. The third-order valence-corrected chi connectivity index (χ3v) is 5.57. The van der Waals surface area contributed by atoms with Crippen molar-refractivity contribution in [1.29, 1.82) is 0 Å². The van der Waals surface area contributed by atoms with E-state index < -0.39 is 0 Å². The van der Waals surface area contributed by atoms with Crippen molar-refractivity contribution >= 4 is 10.8 Å². The zero-order valence-electron chi connectivity index (χ0n) is 11.8. The van der Waals surface area contributed by atoms with Crippen molar-refractivity contribution in [2.24, 2.45) is 17.8 Å². The molecule has 2 bridgehead atoms. The van der Waals surface area contributed by atoms with Gasteiger partial charge in [0.15, 0.2) is 0 Å². The Balaban J connectivity index is 1.53. The van der Waals surface area contributed by atoms with E-state index in [0.29, 0.717) is 0 Å². The Bertz CT molecular complexity index is 618. The largest absolute Gasteiger partial charge is 0.388 e. The highest BCUT2D eigenvalue weighted by atomic mass is 16.3. The maximum absolute atomic E-state index is 10.6. The summed E-state index contributed by atoms with van der Waals surface area (Å²) < 4.78 is 0. The molecule has 4 rings (SSSR count). The summed E-state index contributed by atoms with van der Waals surface area (Å²) in [6, 6.07) is 14.8. The number of benzene rings is 2. The first-order valence-corrected chi connectivity index (χ1v) is 7.96. The molecule has 1 N–H and O–H groups in total. The minimum atomic E-state index is -0.288. The Kier molecular flexibility index (Phi) is 3.03. The van der Waals surface area contributed by atoms with Crippen LogP contribution in [0.4, 0.5) is 0 Å². The van der Waals surface area contributed by atoms with Crippen LogP contribution in [-0.4, -0.2) is 5.11 Å². The van der Waals surface area contributed by atoms with Gasteiger partial charge in [-0.25, -0.2) is 0 Å². The van der Waals surface area contributed by atoms with Crippen molar-refractivity contribution in [2.75, 3.05) is 0 Å². The van der Waals surface area contributed by atoms with E-state index in [-0.39, 0.29) is 6.10 Å². The highest BCUT2D eigenvalue weighted by molar-refractivity contribution is 5.83. The number of fused-ring (bicyclic) bond motifs is 3. The first-order chi connectivity index (χ1) is 9.79. The fourth-order valence-corrected chi connectivity index (χ4v) is 4.50. The molecule has 4 unspecified atom stereocenters. The molecular formula is C19H22O. The lowest BCUT2D eigenvalue weighted by Gasteiger charge is -2.24. The summed E-state index contributed by atoms with van der Waals surface area (Å²) in [5, 5.41) is 13.1. The molecule has 1 heteroatoms. The molecule has 0 aliphatic heterocycles. The van der Waals surface area contributed by atoms with Gasteiger partial charge >= 0.3 is 0 Å². The van der Waals surface area contributed by atoms with E-state index in [1.165, 1.54) is 36.5 Å². The fourth-order valence-electron chi connectivity index (χ4n) is 4.50.